The molecule has 0 unspecified atom stereocenters. The highest BCUT2D eigenvalue weighted by Crippen LogP contribution is 2.45. The number of amides is 1. The summed E-state index contributed by atoms with van der Waals surface area (Å²) in [6.07, 6.45) is 0.982. The molecule has 0 spiro atoms. The second kappa shape index (κ2) is 8.49. The van der Waals surface area contributed by atoms with Crippen molar-refractivity contribution in [2.24, 2.45) is 0 Å². The summed E-state index contributed by atoms with van der Waals surface area (Å²) in [5.41, 5.74) is -0.842. The highest BCUT2D eigenvalue weighted by Gasteiger charge is 2.34. The molecule has 170 valence electrons. The number of hydrogen-bond donors (Lipinski definition) is 1. The predicted octanol–water partition coefficient (Wildman–Crippen LogP) is 4.79. The SMILES string of the molecule is O=C(Cn1nc(C(F)F)c(Cl)c1C1CC1)Nc1cnn(Cc2c(F)cc(F)c(F)c2F)c1. The molecule has 0 bridgehead atoms. The number of rotatable bonds is 7. The standard InChI is InChI=1S/C19H14ClF6N5O/c20-14-17(19(25)26)29-31(18(14)8-1-2-8)7-13(32)28-9-4-27-30(5-9)6-10-11(21)3-12(22)16(24)15(10)23/h3-5,8,19H,1-2,6-7H2,(H,28,32). The van der Waals surface area contributed by atoms with Gasteiger partial charge in [0.2, 0.25) is 5.91 Å². The van der Waals surface area contributed by atoms with Crippen molar-refractivity contribution >= 4 is 23.2 Å². The van der Waals surface area contributed by atoms with Gasteiger partial charge in [-0.3, -0.25) is 14.2 Å². The summed E-state index contributed by atoms with van der Waals surface area (Å²) in [4.78, 5) is 12.4. The number of aromatic nitrogens is 4. The molecule has 2 aromatic heterocycles. The van der Waals surface area contributed by atoms with Crippen molar-refractivity contribution in [3.05, 3.63) is 63.7 Å². The van der Waals surface area contributed by atoms with Crippen LogP contribution in [0.4, 0.5) is 32.0 Å². The molecule has 1 saturated carbocycles. The van der Waals surface area contributed by atoms with Crippen LogP contribution in [0.25, 0.3) is 0 Å². The van der Waals surface area contributed by atoms with E-state index in [0.29, 0.717) is 5.69 Å². The molecule has 0 atom stereocenters. The van der Waals surface area contributed by atoms with Gasteiger partial charge in [-0.05, 0) is 12.8 Å². The average molecular weight is 478 g/mol. The van der Waals surface area contributed by atoms with Gasteiger partial charge in [0, 0.05) is 23.7 Å². The Morgan fingerprint density at radius 1 is 1.19 bits per heavy atom. The molecule has 32 heavy (non-hydrogen) atoms. The van der Waals surface area contributed by atoms with E-state index < -0.39 is 59.9 Å². The number of anilines is 1. The molecule has 6 nitrogen and oxygen atoms in total. The van der Waals surface area contributed by atoms with E-state index in [1.807, 2.05) is 0 Å². The van der Waals surface area contributed by atoms with Gasteiger partial charge in [0.25, 0.3) is 6.43 Å². The van der Waals surface area contributed by atoms with Gasteiger partial charge in [-0.2, -0.15) is 10.2 Å². The quantitative estimate of drug-likeness (QED) is 0.302. The maximum absolute atomic E-state index is 13.8. The van der Waals surface area contributed by atoms with Crippen LogP contribution in [0.15, 0.2) is 18.5 Å². The number of carbonyl (C=O) groups excluding carboxylic acids is 1. The molecular weight excluding hydrogens is 464 g/mol. The molecule has 1 N–H and O–H groups in total. The number of benzene rings is 1. The van der Waals surface area contributed by atoms with Gasteiger partial charge in [-0.1, -0.05) is 11.6 Å². The Bertz CT molecular complexity index is 1190. The van der Waals surface area contributed by atoms with Crippen LogP contribution in [0, 0.1) is 23.3 Å². The van der Waals surface area contributed by atoms with Crippen molar-refractivity contribution in [3.8, 4) is 0 Å². The Labute approximate surface area is 181 Å². The van der Waals surface area contributed by atoms with Crippen LogP contribution in [0.2, 0.25) is 5.02 Å². The van der Waals surface area contributed by atoms with Crippen LogP contribution in [0.5, 0.6) is 0 Å². The van der Waals surface area contributed by atoms with E-state index in [9.17, 15) is 31.1 Å². The molecule has 1 aromatic carbocycles. The van der Waals surface area contributed by atoms with Crippen LogP contribution in [-0.2, 0) is 17.9 Å². The van der Waals surface area contributed by atoms with E-state index in [2.05, 4.69) is 15.5 Å². The molecule has 3 aromatic rings. The molecule has 1 aliphatic rings. The molecule has 0 aliphatic heterocycles. The van der Waals surface area contributed by atoms with Crippen LogP contribution in [-0.4, -0.2) is 25.5 Å². The number of carbonyl (C=O) groups is 1. The zero-order chi connectivity index (χ0) is 23.2. The number of halogens is 7. The monoisotopic (exact) mass is 477 g/mol. The highest BCUT2D eigenvalue weighted by molar-refractivity contribution is 6.32. The van der Waals surface area contributed by atoms with E-state index in [4.69, 9.17) is 11.6 Å². The lowest BCUT2D eigenvalue weighted by atomic mass is 10.2. The summed E-state index contributed by atoms with van der Waals surface area (Å²) in [5, 5.41) is 9.87. The molecule has 1 aliphatic carbocycles. The third-order valence-electron chi connectivity index (χ3n) is 4.87. The van der Waals surface area contributed by atoms with Crippen molar-refractivity contribution in [2.75, 3.05) is 5.32 Å². The first kappa shape index (κ1) is 22.2. The number of alkyl halides is 2. The second-order valence-corrected chi connectivity index (χ2v) is 7.62. The third kappa shape index (κ3) is 4.31. The van der Waals surface area contributed by atoms with E-state index >= 15 is 0 Å². The van der Waals surface area contributed by atoms with Gasteiger partial charge < -0.3 is 5.32 Å². The number of nitrogens with zero attached hydrogens (tertiary/aromatic N) is 4. The van der Waals surface area contributed by atoms with Gasteiger partial charge in [0.1, 0.15) is 18.1 Å². The topological polar surface area (TPSA) is 64.7 Å². The zero-order valence-electron chi connectivity index (χ0n) is 16.1. The molecule has 1 amide bonds. The van der Waals surface area contributed by atoms with Gasteiger partial charge in [-0.25, -0.2) is 26.3 Å². The summed E-state index contributed by atoms with van der Waals surface area (Å²) in [5.74, 6) is -7.11. The largest absolute Gasteiger partial charge is 0.322 e. The molecule has 1 fully saturated rings. The fourth-order valence-corrected chi connectivity index (χ4v) is 3.61. The lowest BCUT2D eigenvalue weighted by Gasteiger charge is -2.08. The minimum absolute atomic E-state index is 0.0426. The van der Waals surface area contributed by atoms with Crippen molar-refractivity contribution < 1.29 is 31.1 Å². The fraction of sp³-hybridized carbons (Fsp3) is 0.316. The summed E-state index contributed by atoms with van der Waals surface area (Å²) >= 11 is 6.01. The minimum Gasteiger partial charge on any atom is -0.322 e. The average Bonchev–Trinajstić information content (AvgIpc) is 3.37. The Kier molecular flexibility index (Phi) is 5.89. The zero-order valence-corrected chi connectivity index (χ0v) is 16.8. The maximum Gasteiger partial charge on any atom is 0.283 e. The summed E-state index contributed by atoms with van der Waals surface area (Å²) in [6, 6.07) is 0.222. The Hall–Kier alpha value is -3.02. The second-order valence-electron chi connectivity index (χ2n) is 7.24. The molecule has 13 heteroatoms. The normalized spacial score (nSPS) is 13.8. The van der Waals surface area contributed by atoms with Crippen LogP contribution < -0.4 is 5.32 Å². The predicted molar refractivity (Wildman–Crippen MR) is 100 cm³/mol. The Balaban J connectivity index is 1.47. The number of nitrogens with one attached hydrogen (secondary N) is 1. The first-order valence-electron chi connectivity index (χ1n) is 9.34. The van der Waals surface area contributed by atoms with Gasteiger partial charge in [-0.15, -0.1) is 0 Å². The molecular formula is C19H14ClF6N5O. The lowest BCUT2D eigenvalue weighted by Crippen LogP contribution is -2.20. The van der Waals surface area contributed by atoms with Crippen molar-refractivity contribution in [1.29, 1.82) is 0 Å². The highest BCUT2D eigenvalue weighted by atomic mass is 35.5. The smallest absolute Gasteiger partial charge is 0.283 e. The first-order valence-corrected chi connectivity index (χ1v) is 9.72. The fourth-order valence-electron chi connectivity index (χ4n) is 3.24. The number of hydrogen-bond acceptors (Lipinski definition) is 3. The molecule has 2 heterocycles. The van der Waals surface area contributed by atoms with Gasteiger partial charge in [0.15, 0.2) is 17.5 Å². The molecule has 0 saturated heterocycles. The summed E-state index contributed by atoms with van der Waals surface area (Å²) in [7, 11) is 0. The third-order valence-corrected chi connectivity index (χ3v) is 5.25. The summed E-state index contributed by atoms with van der Waals surface area (Å²) in [6.45, 7) is -0.959. The van der Waals surface area contributed by atoms with E-state index in [1.54, 1.807) is 0 Å². The van der Waals surface area contributed by atoms with Crippen molar-refractivity contribution in [1.82, 2.24) is 19.6 Å². The van der Waals surface area contributed by atoms with Crippen LogP contribution >= 0.6 is 11.6 Å². The van der Waals surface area contributed by atoms with Crippen molar-refractivity contribution in [2.45, 2.75) is 38.3 Å². The lowest BCUT2D eigenvalue weighted by molar-refractivity contribution is -0.117. The maximum atomic E-state index is 13.8. The molecule has 0 radical (unpaired) electrons. The van der Waals surface area contributed by atoms with E-state index in [0.717, 1.165) is 28.4 Å². The Morgan fingerprint density at radius 3 is 2.56 bits per heavy atom. The van der Waals surface area contributed by atoms with Crippen molar-refractivity contribution in [3.63, 3.8) is 0 Å². The van der Waals surface area contributed by atoms with Gasteiger partial charge in [0.05, 0.1) is 29.1 Å². The Morgan fingerprint density at radius 2 is 1.91 bits per heavy atom. The molecule has 4 rings (SSSR count). The first-order chi connectivity index (χ1) is 15.2. The summed E-state index contributed by atoms with van der Waals surface area (Å²) < 4.78 is 82.4. The van der Waals surface area contributed by atoms with Crippen LogP contribution in [0.3, 0.4) is 0 Å². The van der Waals surface area contributed by atoms with E-state index in [1.165, 1.54) is 6.20 Å². The minimum atomic E-state index is -2.89. The van der Waals surface area contributed by atoms with E-state index in [-0.39, 0.29) is 22.7 Å². The van der Waals surface area contributed by atoms with Crippen LogP contribution in [0.1, 0.15) is 42.1 Å². The van der Waals surface area contributed by atoms with Gasteiger partial charge >= 0.3 is 0 Å².